The fourth-order valence-corrected chi connectivity index (χ4v) is 9.23. The van der Waals surface area contributed by atoms with Crippen LogP contribution in [0.2, 0.25) is 0 Å². The van der Waals surface area contributed by atoms with Gasteiger partial charge in [-0.25, -0.2) is 0 Å². The highest BCUT2D eigenvalue weighted by Gasteiger charge is 2.19. The van der Waals surface area contributed by atoms with Gasteiger partial charge in [-0.15, -0.1) is 0 Å². The van der Waals surface area contributed by atoms with Crippen LogP contribution in [0.15, 0.2) is 146 Å². The van der Waals surface area contributed by atoms with Gasteiger partial charge in [-0.2, -0.15) is 0 Å². The molecule has 470 valence electrons. The number of carbonyl (C=O) groups is 3. The first kappa shape index (κ1) is 78.3. The van der Waals surface area contributed by atoms with Crippen molar-refractivity contribution in [3.63, 3.8) is 0 Å². The maximum absolute atomic E-state index is 12.9. The number of unbranched alkanes of at least 4 members (excludes halogenated alkanes) is 26. The monoisotopic (exact) mass is 1150 g/mol. The van der Waals surface area contributed by atoms with Crippen molar-refractivity contribution < 1.29 is 28.6 Å². The van der Waals surface area contributed by atoms with E-state index in [4.69, 9.17) is 14.2 Å². The molecule has 0 spiro atoms. The molecule has 0 heterocycles. The molecule has 0 amide bonds. The smallest absolute Gasteiger partial charge is 0.306 e. The summed E-state index contributed by atoms with van der Waals surface area (Å²) in [6.45, 7) is 6.39. The Morgan fingerprint density at radius 2 is 0.470 bits per heavy atom. The van der Waals surface area contributed by atoms with Crippen LogP contribution in [-0.2, 0) is 28.6 Å². The molecule has 0 radical (unpaired) electrons. The summed E-state index contributed by atoms with van der Waals surface area (Å²) >= 11 is 0. The van der Waals surface area contributed by atoms with Gasteiger partial charge in [0.2, 0.25) is 0 Å². The van der Waals surface area contributed by atoms with Gasteiger partial charge >= 0.3 is 17.9 Å². The van der Waals surface area contributed by atoms with Crippen LogP contribution in [0.3, 0.4) is 0 Å². The van der Waals surface area contributed by atoms with Crippen molar-refractivity contribution in [1.82, 2.24) is 0 Å². The number of esters is 3. The zero-order chi connectivity index (χ0) is 59.9. The Labute approximate surface area is 512 Å². The first-order chi connectivity index (χ1) is 41.0. The van der Waals surface area contributed by atoms with Crippen molar-refractivity contribution in [2.75, 3.05) is 13.2 Å². The van der Waals surface area contributed by atoms with Crippen molar-refractivity contribution in [1.29, 1.82) is 0 Å². The van der Waals surface area contributed by atoms with Crippen molar-refractivity contribution >= 4 is 17.9 Å². The normalized spacial score (nSPS) is 13.0. The molecule has 0 aromatic heterocycles. The lowest BCUT2D eigenvalue weighted by atomic mass is 10.1. The van der Waals surface area contributed by atoms with Crippen molar-refractivity contribution in [3.8, 4) is 0 Å². The minimum Gasteiger partial charge on any atom is -0.462 e. The molecule has 0 bridgehead atoms. The number of carbonyl (C=O) groups excluding carboxylic acids is 3. The van der Waals surface area contributed by atoms with E-state index in [1.165, 1.54) is 128 Å². The van der Waals surface area contributed by atoms with Crippen LogP contribution in [0.1, 0.15) is 303 Å². The van der Waals surface area contributed by atoms with E-state index in [9.17, 15) is 14.4 Å². The highest BCUT2D eigenvalue weighted by atomic mass is 16.6. The van der Waals surface area contributed by atoms with E-state index in [-0.39, 0.29) is 37.5 Å². The molecule has 0 fully saturated rings. The van der Waals surface area contributed by atoms with E-state index < -0.39 is 6.10 Å². The molecular weight excluding hydrogens is 1020 g/mol. The van der Waals surface area contributed by atoms with Crippen LogP contribution in [0.25, 0.3) is 0 Å². The molecule has 0 rings (SSSR count). The summed E-state index contributed by atoms with van der Waals surface area (Å²) in [5.41, 5.74) is 0. The van der Waals surface area contributed by atoms with Crippen molar-refractivity contribution in [2.24, 2.45) is 0 Å². The summed E-state index contributed by atoms with van der Waals surface area (Å²) in [6, 6.07) is 0. The van der Waals surface area contributed by atoms with Gasteiger partial charge < -0.3 is 14.2 Å². The third kappa shape index (κ3) is 68.0. The summed E-state index contributed by atoms with van der Waals surface area (Å²) in [4.78, 5) is 38.5. The first-order valence-electron chi connectivity index (χ1n) is 34.3. The van der Waals surface area contributed by atoms with E-state index in [1.54, 1.807) is 0 Å². The van der Waals surface area contributed by atoms with Crippen LogP contribution in [0.5, 0.6) is 0 Å². The molecule has 6 nitrogen and oxygen atoms in total. The summed E-state index contributed by atoms with van der Waals surface area (Å²) < 4.78 is 16.9. The van der Waals surface area contributed by atoms with E-state index in [0.717, 1.165) is 128 Å². The fourth-order valence-electron chi connectivity index (χ4n) is 9.23. The molecule has 0 saturated heterocycles. The third-order valence-electron chi connectivity index (χ3n) is 14.3. The lowest BCUT2D eigenvalue weighted by Gasteiger charge is -2.18. The van der Waals surface area contributed by atoms with Gasteiger partial charge in [0.05, 0.1) is 0 Å². The van der Waals surface area contributed by atoms with Gasteiger partial charge in [-0.1, -0.05) is 289 Å². The standard InChI is InChI=1S/C77H126O6/c1-4-7-10-13-16-19-22-25-28-31-34-36-37-38-39-41-43-46-49-52-55-58-61-64-67-70-76(79)82-73-74(72-81-75(78)69-66-63-60-57-54-51-48-45-42-33-30-27-24-21-18-15-12-9-6-3)83-77(80)71-68-65-62-59-56-53-50-47-44-40-35-32-29-26-23-20-17-14-11-8-5-2/h7-8,10-11,16-17,19-20,25-30,34-36,38-40,47,50,56,59,74H,4-6,9,12-15,18,21-24,31-33,37,41-46,48-49,51-55,57-58,60-73H2,1-3H3/b10-7-,11-8-,19-16-,20-17-,28-25-,29-26-,30-27-,36-34-,39-38-,40-35-,50-47-,59-56-. The minimum atomic E-state index is -0.813. The zero-order valence-electron chi connectivity index (χ0n) is 53.9. The summed E-state index contributed by atoms with van der Waals surface area (Å²) in [7, 11) is 0. The molecular formula is C77H126O6. The van der Waals surface area contributed by atoms with Crippen LogP contribution in [0, 0.1) is 0 Å². The zero-order valence-corrected chi connectivity index (χ0v) is 53.9. The number of allylic oxidation sites excluding steroid dienone is 24. The quantitative estimate of drug-likeness (QED) is 0.0261. The molecule has 1 atom stereocenters. The number of rotatable bonds is 61. The van der Waals surface area contributed by atoms with Gasteiger partial charge in [-0.3, -0.25) is 14.4 Å². The highest BCUT2D eigenvalue weighted by molar-refractivity contribution is 5.71. The third-order valence-corrected chi connectivity index (χ3v) is 14.3. The van der Waals surface area contributed by atoms with Crippen molar-refractivity contribution in [2.45, 2.75) is 309 Å². The van der Waals surface area contributed by atoms with E-state index in [0.29, 0.717) is 19.3 Å². The first-order valence-corrected chi connectivity index (χ1v) is 34.3. The number of hydrogen-bond donors (Lipinski definition) is 0. The Hall–Kier alpha value is -4.71. The Bertz CT molecular complexity index is 1800. The summed E-state index contributed by atoms with van der Waals surface area (Å²) in [5, 5.41) is 0. The van der Waals surface area contributed by atoms with Crippen LogP contribution in [-0.4, -0.2) is 37.2 Å². The highest BCUT2D eigenvalue weighted by Crippen LogP contribution is 2.16. The van der Waals surface area contributed by atoms with Gasteiger partial charge in [0.25, 0.3) is 0 Å². The topological polar surface area (TPSA) is 78.9 Å². The number of hydrogen-bond acceptors (Lipinski definition) is 6. The second-order valence-corrected chi connectivity index (χ2v) is 22.3. The molecule has 0 saturated carbocycles. The lowest BCUT2D eigenvalue weighted by Crippen LogP contribution is -2.30. The van der Waals surface area contributed by atoms with Gasteiger partial charge in [0.15, 0.2) is 6.10 Å². The molecule has 0 aliphatic rings. The summed E-state index contributed by atoms with van der Waals surface area (Å²) in [5.74, 6) is -0.950. The molecule has 1 unspecified atom stereocenters. The van der Waals surface area contributed by atoms with E-state index in [1.807, 2.05) is 0 Å². The minimum absolute atomic E-state index is 0.102. The molecule has 0 aromatic carbocycles. The van der Waals surface area contributed by atoms with Gasteiger partial charge in [0.1, 0.15) is 13.2 Å². The molecule has 0 aliphatic carbocycles. The van der Waals surface area contributed by atoms with E-state index >= 15 is 0 Å². The van der Waals surface area contributed by atoms with Crippen LogP contribution >= 0.6 is 0 Å². The lowest BCUT2D eigenvalue weighted by molar-refractivity contribution is -0.167. The van der Waals surface area contributed by atoms with Crippen LogP contribution in [0.4, 0.5) is 0 Å². The van der Waals surface area contributed by atoms with Crippen LogP contribution < -0.4 is 0 Å². The second kappa shape index (κ2) is 69.8. The van der Waals surface area contributed by atoms with E-state index in [2.05, 4.69) is 167 Å². The molecule has 6 heteroatoms. The molecule has 0 aliphatic heterocycles. The Morgan fingerprint density at radius 3 is 0.771 bits per heavy atom. The SMILES string of the molecule is CC/C=C\C/C=C\C/C=C\C/C=C\C/C=C\C/C=C\CCCCC(=O)OC(COC(=O)CCCCCCCCCCC/C=C\C/C=C\C/C=C\C/C=C\C/C=C\CC)COC(=O)CCCCCCCCCCC/C=C\CCCCCCCC. The average molecular weight is 1150 g/mol. The Morgan fingerprint density at radius 1 is 0.253 bits per heavy atom. The predicted molar refractivity (Wildman–Crippen MR) is 362 cm³/mol. The molecule has 0 aromatic rings. The maximum Gasteiger partial charge on any atom is 0.306 e. The average Bonchev–Trinajstić information content (AvgIpc) is 3.50. The summed E-state index contributed by atoms with van der Waals surface area (Å²) in [6.07, 6.45) is 100.0. The Balaban J connectivity index is 4.48. The van der Waals surface area contributed by atoms with Gasteiger partial charge in [-0.05, 0) is 141 Å². The Kier molecular flexibility index (Phi) is 65.8. The largest absolute Gasteiger partial charge is 0.462 e. The molecule has 83 heavy (non-hydrogen) atoms. The van der Waals surface area contributed by atoms with Gasteiger partial charge in [0, 0.05) is 19.3 Å². The molecule has 0 N–H and O–H groups in total. The predicted octanol–water partition coefficient (Wildman–Crippen LogP) is 23.9. The van der Waals surface area contributed by atoms with Crippen molar-refractivity contribution in [3.05, 3.63) is 146 Å². The second-order valence-electron chi connectivity index (χ2n) is 22.3. The maximum atomic E-state index is 12.9. The fraction of sp³-hybridized carbons (Fsp3) is 0.649. The number of ether oxygens (including phenoxy) is 3.